The van der Waals surface area contributed by atoms with Crippen LogP contribution in [0.4, 0.5) is 0 Å². The zero-order valence-corrected chi connectivity index (χ0v) is 13.5. The minimum absolute atomic E-state index is 0.196. The van der Waals surface area contributed by atoms with Gasteiger partial charge in [-0.2, -0.15) is 0 Å². The number of hydrogen-bond acceptors (Lipinski definition) is 6. The van der Waals surface area contributed by atoms with E-state index < -0.39 is 9.84 Å². The fraction of sp³-hybridized carbons (Fsp3) is 0.467. The summed E-state index contributed by atoms with van der Waals surface area (Å²) in [4.78, 5) is 6.01. The summed E-state index contributed by atoms with van der Waals surface area (Å²) in [5.41, 5.74) is 1.36. The van der Waals surface area contributed by atoms with Crippen LogP contribution in [0.15, 0.2) is 35.1 Å². The maximum Gasteiger partial charge on any atom is 0.152 e. The average Bonchev–Trinajstić information content (AvgIpc) is 3.05. The summed E-state index contributed by atoms with van der Waals surface area (Å²) in [6, 6.07) is 5.63. The van der Waals surface area contributed by atoms with Gasteiger partial charge in [-0.05, 0) is 32.5 Å². The molecule has 1 saturated heterocycles. The molecule has 0 aromatic carbocycles. The Labute approximate surface area is 130 Å². The lowest BCUT2D eigenvalue weighted by Crippen LogP contribution is -2.44. The molecule has 118 valence electrons. The van der Waals surface area contributed by atoms with Crippen molar-refractivity contribution in [2.24, 2.45) is 0 Å². The number of sulfone groups is 1. The Kier molecular flexibility index (Phi) is 3.78. The SMILES string of the molecule is CN(Cc1cc(-c2ccncc2)no1)C1(C)CCS(=O)(=O)C1. The summed E-state index contributed by atoms with van der Waals surface area (Å²) >= 11 is 0. The van der Waals surface area contributed by atoms with Gasteiger partial charge in [-0.25, -0.2) is 8.42 Å². The van der Waals surface area contributed by atoms with Gasteiger partial charge in [0.2, 0.25) is 0 Å². The van der Waals surface area contributed by atoms with E-state index in [4.69, 9.17) is 4.52 Å². The lowest BCUT2D eigenvalue weighted by atomic mass is 10.00. The Bertz CT molecular complexity index is 757. The highest BCUT2D eigenvalue weighted by Gasteiger charge is 2.41. The minimum Gasteiger partial charge on any atom is -0.359 e. The largest absolute Gasteiger partial charge is 0.359 e. The first-order valence-corrected chi connectivity index (χ1v) is 8.98. The smallest absolute Gasteiger partial charge is 0.152 e. The minimum atomic E-state index is -2.92. The molecule has 7 heteroatoms. The van der Waals surface area contributed by atoms with Gasteiger partial charge in [-0.3, -0.25) is 9.88 Å². The van der Waals surface area contributed by atoms with E-state index in [9.17, 15) is 8.42 Å². The molecule has 2 aromatic heterocycles. The molecule has 0 aliphatic carbocycles. The first-order valence-electron chi connectivity index (χ1n) is 7.16. The fourth-order valence-corrected chi connectivity index (χ4v) is 4.97. The first-order chi connectivity index (χ1) is 10.4. The van der Waals surface area contributed by atoms with Crippen molar-refractivity contribution in [2.45, 2.75) is 25.4 Å². The second kappa shape index (κ2) is 5.48. The van der Waals surface area contributed by atoms with Gasteiger partial charge >= 0.3 is 0 Å². The van der Waals surface area contributed by atoms with Crippen LogP contribution in [0.2, 0.25) is 0 Å². The highest BCUT2D eigenvalue weighted by atomic mass is 32.2. The Hall–Kier alpha value is -1.73. The van der Waals surface area contributed by atoms with Crippen molar-refractivity contribution in [3.8, 4) is 11.3 Å². The highest BCUT2D eigenvalue weighted by Crippen LogP contribution is 2.30. The zero-order chi connectivity index (χ0) is 15.8. The molecule has 0 spiro atoms. The maximum absolute atomic E-state index is 11.7. The summed E-state index contributed by atoms with van der Waals surface area (Å²) in [7, 11) is -0.998. The van der Waals surface area contributed by atoms with Crippen LogP contribution in [0, 0.1) is 0 Å². The Morgan fingerprint density at radius 1 is 1.36 bits per heavy atom. The van der Waals surface area contributed by atoms with E-state index in [0.29, 0.717) is 13.0 Å². The monoisotopic (exact) mass is 321 g/mol. The number of hydrogen-bond donors (Lipinski definition) is 0. The predicted octanol–water partition coefficient (Wildman–Crippen LogP) is 1.75. The molecule has 0 amide bonds. The van der Waals surface area contributed by atoms with Gasteiger partial charge in [0.15, 0.2) is 15.6 Å². The molecule has 1 atom stereocenters. The van der Waals surface area contributed by atoms with Crippen molar-refractivity contribution < 1.29 is 12.9 Å². The van der Waals surface area contributed by atoms with Crippen LogP contribution in [0.3, 0.4) is 0 Å². The number of rotatable bonds is 4. The van der Waals surface area contributed by atoms with Crippen LogP contribution >= 0.6 is 0 Å². The van der Waals surface area contributed by atoms with Gasteiger partial charge in [0, 0.05) is 29.6 Å². The van der Waals surface area contributed by atoms with E-state index in [2.05, 4.69) is 10.1 Å². The highest BCUT2D eigenvalue weighted by molar-refractivity contribution is 7.91. The summed E-state index contributed by atoms with van der Waals surface area (Å²) in [6.45, 7) is 2.52. The van der Waals surface area contributed by atoms with Crippen molar-refractivity contribution in [1.82, 2.24) is 15.0 Å². The van der Waals surface area contributed by atoms with Crippen LogP contribution in [0.5, 0.6) is 0 Å². The molecular weight excluding hydrogens is 302 g/mol. The average molecular weight is 321 g/mol. The lowest BCUT2D eigenvalue weighted by Gasteiger charge is -2.33. The molecule has 0 radical (unpaired) electrons. The van der Waals surface area contributed by atoms with Gasteiger partial charge in [0.1, 0.15) is 5.69 Å². The van der Waals surface area contributed by atoms with Gasteiger partial charge < -0.3 is 4.52 Å². The normalized spacial score (nSPS) is 24.0. The molecule has 22 heavy (non-hydrogen) atoms. The van der Waals surface area contributed by atoms with Crippen molar-refractivity contribution in [2.75, 3.05) is 18.6 Å². The molecule has 0 N–H and O–H groups in total. The molecule has 1 fully saturated rings. The standard InChI is InChI=1S/C15H19N3O3S/c1-15(5-8-22(19,20)11-15)18(2)10-13-9-14(17-21-13)12-3-6-16-7-4-12/h3-4,6-7,9H,5,8,10-11H2,1-2H3. The van der Waals surface area contributed by atoms with E-state index in [1.54, 1.807) is 12.4 Å². The Morgan fingerprint density at radius 3 is 2.73 bits per heavy atom. The molecule has 3 heterocycles. The fourth-order valence-electron chi connectivity index (χ4n) is 2.77. The number of pyridine rings is 1. The molecule has 6 nitrogen and oxygen atoms in total. The van der Waals surface area contributed by atoms with Gasteiger partial charge in [0.05, 0.1) is 18.1 Å². The van der Waals surface area contributed by atoms with E-state index in [-0.39, 0.29) is 17.0 Å². The zero-order valence-electron chi connectivity index (χ0n) is 12.7. The van der Waals surface area contributed by atoms with E-state index in [1.807, 2.05) is 37.1 Å². The summed E-state index contributed by atoms with van der Waals surface area (Å²) in [5, 5.41) is 4.07. The van der Waals surface area contributed by atoms with Crippen LogP contribution in [0.25, 0.3) is 11.3 Å². The quantitative estimate of drug-likeness (QED) is 0.854. The Morgan fingerprint density at radius 2 is 2.09 bits per heavy atom. The van der Waals surface area contributed by atoms with Crippen molar-refractivity contribution in [1.29, 1.82) is 0 Å². The summed E-state index contributed by atoms with van der Waals surface area (Å²) in [5.74, 6) is 1.17. The molecule has 2 aromatic rings. The second-order valence-electron chi connectivity index (χ2n) is 6.11. The van der Waals surface area contributed by atoms with Gasteiger partial charge in [0.25, 0.3) is 0 Å². The van der Waals surface area contributed by atoms with Gasteiger partial charge in [-0.1, -0.05) is 5.16 Å². The summed E-state index contributed by atoms with van der Waals surface area (Å²) < 4.78 is 28.8. The molecule has 0 bridgehead atoms. The van der Waals surface area contributed by atoms with E-state index in [0.717, 1.165) is 17.0 Å². The van der Waals surface area contributed by atoms with Crippen LogP contribution < -0.4 is 0 Å². The molecule has 1 aliphatic heterocycles. The predicted molar refractivity (Wildman–Crippen MR) is 82.9 cm³/mol. The van der Waals surface area contributed by atoms with Gasteiger partial charge in [-0.15, -0.1) is 0 Å². The molecule has 0 saturated carbocycles. The number of nitrogens with zero attached hydrogens (tertiary/aromatic N) is 3. The third-order valence-corrected chi connectivity index (χ3v) is 6.22. The number of aromatic nitrogens is 2. The molecule has 3 rings (SSSR count). The topological polar surface area (TPSA) is 76.3 Å². The molecule has 1 aliphatic rings. The van der Waals surface area contributed by atoms with Crippen LogP contribution in [-0.2, 0) is 16.4 Å². The van der Waals surface area contributed by atoms with E-state index in [1.165, 1.54) is 0 Å². The third kappa shape index (κ3) is 3.05. The van der Waals surface area contributed by atoms with Crippen LogP contribution in [0.1, 0.15) is 19.1 Å². The summed E-state index contributed by atoms with van der Waals surface area (Å²) in [6.07, 6.45) is 4.07. The molecular formula is C15H19N3O3S. The first kappa shape index (κ1) is 15.2. The van der Waals surface area contributed by atoms with Crippen molar-refractivity contribution in [3.63, 3.8) is 0 Å². The van der Waals surface area contributed by atoms with Crippen LogP contribution in [-0.4, -0.2) is 47.6 Å². The van der Waals surface area contributed by atoms with E-state index >= 15 is 0 Å². The van der Waals surface area contributed by atoms with Crippen molar-refractivity contribution in [3.05, 3.63) is 36.4 Å². The Balaban J connectivity index is 1.73. The third-order valence-electron chi connectivity index (χ3n) is 4.33. The van der Waals surface area contributed by atoms with Crippen molar-refractivity contribution >= 4 is 9.84 Å². The maximum atomic E-state index is 11.7. The lowest BCUT2D eigenvalue weighted by molar-refractivity contribution is 0.139. The molecule has 1 unspecified atom stereocenters. The second-order valence-corrected chi connectivity index (χ2v) is 8.29.